The summed E-state index contributed by atoms with van der Waals surface area (Å²) in [7, 11) is 0. The van der Waals surface area contributed by atoms with Gasteiger partial charge in [0.05, 0.1) is 0 Å². The Bertz CT molecular complexity index is 806. The quantitative estimate of drug-likeness (QED) is 0.243. The van der Waals surface area contributed by atoms with E-state index in [1.54, 1.807) is 0 Å². The average Bonchev–Trinajstić information content (AvgIpc) is 2.87. The molecule has 246 valence electrons. The summed E-state index contributed by atoms with van der Waals surface area (Å²) in [5.41, 5.74) is 1.50. The Kier molecular flexibility index (Phi) is 12.5. The molecule has 0 spiro atoms. The van der Waals surface area contributed by atoms with Crippen molar-refractivity contribution in [1.82, 2.24) is 0 Å². The molecule has 0 heteroatoms. The Morgan fingerprint density at radius 3 is 1.49 bits per heavy atom. The number of rotatable bonds is 10. The van der Waals surface area contributed by atoms with Crippen molar-refractivity contribution in [1.29, 1.82) is 0 Å². The first-order chi connectivity index (χ1) is 18.4. The van der Waals surface area contributed by atoms with Crippen LogP contribution in [0.4, 0.5) is 0 Å². The van der Waals surface area contributed by atoms with Crippen molar-refractivity contribution in [3.8, 4) is 0 Å². The molecule has 1 rings (SSSR count). The molecule has 0 aliphatic heterocycles. The van der Waals surface area contributed by atoms with E-state index in [0.29, 0.717) is 29.6 Å². The van der Waals surface area contributed by atoms with Gasteiger partial charge in [-0.25, -0.2) is 0 Å². The van der Waals surface area contributed by atoms with Gasteiger partial charge in [-0.05, 0) is 86.3 Å². The third kappa shape index (κ3) is 6.01. The molecular weight excluding hydrogens is 492 g/mol. The second-order valence-corrected chi connectivity index (χ2v) is 18.8. The van der Waals surface area contributed by atoms with Crippen LogP contribution in [0.5, 0.6) is 0 Å². The van der Waals surface area contributed by atoms with Gasteiger partial charge in [-0.3, -0.25) is 0 Å². The van der Waals surface area contributed by atoms with Gasteiger partial charge in [0.15, 0.2) is 0 Å². The normalized spacial score (nSPS) is 39.2. The van der Waals surface area contributed by atoms with Crippen LogP contribution >= 0.6 is 0 Å². The van der Waals surface area contributed by atoms with Gasteiger partial charge in [0.25, 0.3) is 0 Å². The third-order valence-corrected chi connectivity index (χ3v) is 16.4. The van der Waals surface area contributed by atoms with E-state index in [2.05, 4.69) is 138 Å². The molecule has 9 atom stereocenters. The first kappa shape index (κ1) is 39.0. The summed E-state index contributed by atoms with van der Waals surface area (Å²) in [5, 5.41) is 0. The van der Waals surface area contributed by atoms with Gasteiger partial charge in [-0.15, -0.1) is 0 Å². The van der Waals surface area contributed by atoms with Crippen LogP contribution < -0.4 is 0 Å². The molecule has 0 radical (unpaired) electrons. The largest absolute Gasteiger partial charge is 0.0654 e. The first-order valence-corrected chi connectivity index (χ1v) is 18.4. The van der Waals surface area contributed by atoms with E-state index in [-0.39, 0.29) is 37.9 Å². The minimum atomic E-state index is 0.152. The summed E-state index contributed by atoms with van der Waals surface area (Å²) >= 11 is 0. The predicted molar refractivity (Wildman–Crippen MR) is 188 cm³/mol. The van der Waals surface area contributed by atoms with Crippen LogP contribution in [0.1, 0.15) is 190 Å². The lowest BCUT2D eigenvalue weighted by Crippen LogP contribution is -2.66. The standard InChI is InChI=1S/C41H82/c1-21-26-27-29(6)28-39(18)32(22-2)30(7)36(12,13)37(14,15)33(23-3)34(24-4)41(20,31(8)35(9,10)11)38(16,17)40(39,19)25-5/h29-34H,21-28H2,1-20H3. The molecule has 0 heterocycles. The minimum absolute atomic E-state index is 0.152. The van der Waals surface area contributed by atoms with E-state index in [1.165, 1.54) is 51.4 Å². The molecule has 0 aromatic carbocycles. The van der Waals surface area contributed by atoms with Crippen LogP contribution in [0, 0.1) is 73.4 Å². The molecule has 0 N–H and O–H groups in total. The fourth-order valence-corrected chi connectivity index (χ4v) is 11.9. The van der Waals surface area contributed by atoms with Gasteiger partial charge < -0.3 is 0 Å². The van der Waals surface area contributed by atoms with Gasteiger partial charge in [-0.1, -0.05) is 177 Å². The molecule has 0 saturated heterocycles. The lowest BCUT2D eigenvalue weighted by Gasteiger charge is -2.72. The average molecular weight is 575 g/mol. The molecule has 1 aliphatic rings. The van der Waals surface area contributed by atoms with E-state index in [9.17, 15) is 0 Å². The van der Waals surface area contributed by atoms with Crippen LogP contribution in [-0.4, -0.2) is 0 Å². The van der Waals surface area contributed by atoms with Crippen molar-refractivity contribution in [3.05, 3.63) is 0 Å². The summed E-state index contributed by atoms with van der Waals surface area (Å²) in [4.78, 5) is 0. The van der Waals surface area contributed by atoms with E-state index in [4.69, 9.17) is 0 Å². The Hall–Kier alpha value is 0. The molecule has 1 fully saturated rings. The minimum Gasteiger partial charge on any atom is -0.0654 e. The predicted octanol–water partition coefficient (Wildman–Crippen LogP) is 14.1. The van der Waals surface area contributed by atoms with Crippen LogP contribution in [0.3, 0.4) is 0 Å². The number of hydrogen-bond acceptors (Lipinski definition) is 0. The van der Waals surface area contributed by atoms with Crippen LogP contribution in [-0.2, 0) is 0 Å². The highest BCUT2D eigenvalue weighted by Gasteiger charge is 2.68. The van der Waals surface area contributed by atoms with E-state index >= 15 is 0 Å². The molecule has 0 nitrogen and oxygen atoms in total. The Morgan fingerprint density at radius 1 is 0.659 bits per heavy atom. The van der Waals surface area contributed by atoms with Crippen molar-refractivity contribution in [2.45, 2.75) is 190 Å². The third-order valence-electron chi connectivity index (χ3n) is 16.4. The SMILES string of the molecule is CCCCC(C)CC1(C)C(CC)C(C)C(C)(C)C(C)(C)C(CC)C(CC)C(C)(C(C)C(C)(C)C)C(C)(C)C1(C)CC. The lowest BCUT2D eigenvalue weighted by molar-refractivity contribution is -0.241. The smallest absolute Gasteiger partial charge is 0.0208 e. The van der Waals surface area contributed by atoms with E-state index < -0.39 is 0 Å². The zero-order valence-corrected chi connectivity index (χ0v) is 32.6. The molecule has 0 aromatic rings. The van der Waals surface area contributed by atoms with Crippen LogP contribution in [0.2, 0.25) is 0 Å². The maximum atomic E-state index is 2.80. The van der Waals surface area contributed by atoms with Crippen molar-refractivity contribution >= 4 is 0 Å². The number of hydrogen-bond donors (Lipinski definition) is 0. The summed E-state index contributed by atoms with van der Waals surface area (Å²) < 4.78 is 0. The molecule has 0 aromatic heterocycles. The van der Waals surface area contributed by atoms with E-state index in [0.717, 1.165) is 5.92 Å². The van der Waals surface area contributed by atoms with Gasteiger partial charge in [0.1, 0.15) is 0 Å². The fraction of sp³-hybridized carbons (Fsp3) is 1.00. The van der Waals surface area contributed by atoms with Gasteiger partial charge in [0, 0.05) is 0 Å². The van der Waals surface area contributed by atoms with Crippen LogP contribution in [0.15, 0.2) is 0 Å². The van der Waals surface area contributed by atoms with Gasteiger partial charge >= 0.3 is 0 Å². The van der Waals surface area contributed by atoms with Gasteiger partial charge in [-0.2, -0.15) is 0 Å². The highest BCUT2D eigenvalue weighted by molar-refractivity contribution is 5.16. The zero-order valence-electron chi connectivity index (χ0n) is 32.6. The topological polar surface area (TPSA) is 0 Å². The zero-order chi connectivity index (χ0) is 32.6. The maximum Gasteiger partial charge on any atom is -0.0208 e. The van der Waals surface area contributed by atoms with Crippen molar-refractivity contribution in [2.75, 3.05) is 0 Å². The first-order valence-electron chi connectivity index (χ1n) is 18.4. The molecular formula is C41H82. The molecule has 9 unspecified atom stereocenters. The van der Waals surface area contributed by atoms with Crippen molar-refractivity contribution < 1.29 is 0 Å². The highest BCUT2D eigenvalue weighted by atomic mass is 14.7. The Labute approximate surface area is 262 Å². The Morgan fingerprint density at radius 2 is 1.12 bits per heavy atom. The fourth-order valence-electron chi connectivity index (χ4n) is 11.9. The molecule has 0 amide bonds. The van der Waals surface area contributed by atoms with Gasteiger partial charge in [0.2, 0.25) is 0 Å². The van der Waals surface area contributed by atoms with E-state index in [1.807, 2.05) is 0 Å². The lowest BCUT2D eigenvalue weighted by atomic mass is 9.32. The maximum absolute atomic E-state index is 2.80. The summed E-state index contributed by atoms with van der Waals surface area (Å²) in [6.45, 7) is 52.7. The molecule has 41 heavy (non-hydrogen) atoms. The molecule has 0 bridgehead atoms. The van der Waals surface area contributed by atoms with Crippen molar-refractivity contribution in [3.63, 3.8) is 0 Å². The molecule has 1 saturated carbocycles. The molecule has 1 aliphatic carbocycles. The highest BCUT2D eigenvalue weighted by Crippen LogP contribution is 2.74. The monoisotopic (exact) mass is 575 g/mol. The second-order valence-electron chi connectivity index (χ2n) is 18.8. The van der Waals surface area contributed by atoms with Crippen LogP contribution in [0.25, 0.3) is 0 Å². The summed E-state index contributed by atoms with van der Waals surface area (Å²) in [5.74, 6) is 4.07. The van der Waals surface area contributed by atoms with Crippen molar-refractivity contribution in [2.24, 2.45) is 73.4 Å². The second kappa shape index (κ2) is 13.2. The number of unbranched alkanes of at least 4 members (excludes halogenated alkanes) is 1. The summed E-state index contributed by atoms with van der Waals surface area (Å²) in [6, 6.07) is 0. The Balaban J connectivity index is 4.47. The summed E-state index contributed by atoms with van der Waals surface area (Å²) in [6.07, 6.45) is 10.5.